The van der Waals surface area contributed by atoms with Gasteiger partial charge in [-0.25, -0.2) is 22.0 Å². The highest BCUT2D eigenvalue weighted by Gasteiger charge is 2.50. The Kier molecular flexibility index (Phi) is 5.47. The van der Waals surface area contributed by atoms with E-state index in [-0.39, 0.29) is 10.9 Å². The number of fused-ring (bicyclic) bond motifs is 1. The highest BCUT2D eigenvalue weighted by atomic mass is 33.1. The van der Waals surface area contributed by atoms with Gasteiger partial charge in [-0.1, -0.05) is 34.9 Å². The van der Waals surface area contributed by atoms with Crippen LogP contribution in [0, 0.1) is 35.0 Å². The molecular weight excluding hydrogens is 398 g/mol. The number of halogens is 5. The topological polar surface area (TPSA) is 9.23 Å². The monoisotopic (exact) mass is 414 g/mol. The average Bonchev–Trinajstić information content (AvgIpc) is 2.90. The Balaban J connectivity index is 1.81. The Bertz CT molecular complexity index is 702. The molecule has 1 heterocycles. The van der Waals surface area contributed by atoms with Gasteiger partial charge >= 0.3 is 0 Å². The van der Waals surface area contributed by atoms with E-state index in [1.807, 2.05) is 13.8 Å². The third kappa shape index (κ3) is 3.47. The van der Waals surface area contributed by atoms with Crippen LogP contribution in [0.15, 0.2) is 17.0 Å². The molecule has 4 atom stereocenters. The predicted molar refractivity (Wildman–Crippen MR) is 92.0 cm³/mol. The number of hydrogen-bond acceptors (Lipinski definition) is 3. The zero-order valence-corrected chi connectivity index (χ0v) is 16.1. The number of rotatable bonds is 3. The van der Waals surface area contributed by atoms with Gasteiger partial charge in [0.05, 0.1) is 11.0 Å². The molecule has 1 aromatic carbocycles. The summed E-state index contributed by atoms with van der Waals surface area (Å²) in [6.07, 6.45) is 2.45. The van der Waals surface area contributed by atoms with Crippen LogP contribution in [0.5, 0.6) is 0 Å². The van der Waals surface area contributed by atoms with Crippen molar-refractivity contribution in [1.82, 2.24) is 0 Å². The summed E-state index contributed by atoms with van der Waals surface area (Å²) in [6, 6.07) is 0. The first kappa shape index (κ1) is 19.5. The Morgan fingerprint density at radius 3 is 2.28 bits per heavy atom. The van der Waals surface area contributed by atoms with Crippen LogP contribution in [0.2, 0.25) is 0 Å². The first-order chi connectivity index (χ1) is 11.6. The maximum atomic E-state index is 13.9. The largest absolute Gasteiger partial charge is 0.334 e. The Labute approximate surface area is 152 Å². The second kappa shape index (κ2) is 7.02. The summed E-state index contributed by atoms with van der Waals surface area (Å²) in [5, 5.41) is 0. The van der Waals surface area contributed by atoms with Crippen LogP contribution < -0.4 is 0 Å². The lowest BCUT2D eigenvalue weighted by Crippen LogP contribution is -2.39. The minimum Gasteiger partial charge on any atom is -0.334 e. The fraction of sp³-hybridized carbons (Fsp3) is 0.500. The highest BCUT2D eigenvalue weighted by molar-refractivity contribution is 8.87. The van der Waals surface area contributed by atoms with Crippen molar-refractivity contribution in [3.63, 3.8) is 0 Å². The Morgan fingerprint density at radius 1 is 1.16 bits per heavy atom. The molecule has 1 unspecified atom stereocenters. The van der Waals surface area contributed by atoms with Crippen molar-refractivity contribution in [3.8, 4) is 0 Å². The van der Waals surface area contributed by atoms with E-state index >= 15 is 0 Å². The summed E-state index contributed by atoms with van der Waals surface area (Å²) in [6.45, 7) is 6.50. The lowest BCUT2D eigenvalue weighted by Gasteiger charge is -2.37. The summed E-state index contributed by atoms with van der Waals surface area (Å²) in [4.78, 5) is -0.867. The van der Waals surface area contributed by atoms with Crippen molar-refractivity contribution < 1.29 is 26.5 Å². The Morgan fingerprint density at radius 2 is 1.72 bits per heavy atom. The van der Waals surface area contributed by atoms with Gasteiger partial charge in [0.2, 0.25) is 5.82 Å². The molecule has 1 aliphatic heterocycles. The van der Waals surface area contributed by atoms with Gasteiger partial charge in [-0.2, -0.15) is 0 Å². The van der Waals surface area contributed by atoms with E-state index in [0.29, 0.717) is 17.3 Å². The van der Waals surface area contributed by atoms with Crippen LogP contribution in [-0.2, 0) is 4.52 Å². The van der Waals surface area contributed by atoms with E-state index in [4.69, 9.17) is 4.52 Å². The molecule has 0 radical (unpaired) electrons. The van der Waals surface area contributed by atoms with E-state index < -0.39 is 40.5 Å². The fourth-order valence-electron chi connectivity index (χ4n) is 3.03. The summed E-state index contributed by atoms with van der Waals surface area (Å²) >= 11 is 2.04. The zero-order chi connectivity index (χ0) is 18.5. The lowest BCUT2D eigenvalue weighted by molar-refractivity contribution is 0.130. The summed E-state index contributed by atoms with van der Waals surface area (Å²) in [5.41, 5.74) is 1.07. The van der Waals surface area contributed by atoms with Crippen LogP contribution in [0.3, 0.4) is 0 Å². The van der Waals surface area contributed by atoms with Crippen molar-refractivity contribution in [2.45, 2.75) is 48.9 Å². The minimum absolute atomic E-state index is 0.118. The molecular formula is C16H16F5OPS2. The minimum atomic E-state index is -2.14. The Hall–Kier alpha value is -0.300. The van der Waals surface area contributed by atoms with Gasteiger partial charge in [-0.3, -0.25) is 0 Å². The molecule has 2 aliphatic rings. The second-order valence-electron chi connectivity index (χ2n) is 6.53. The first-order valence-electron chi connectivity index (χ1n) is 7.65. The van der Waals surface area contributed by atoms with Crippen molar-refractivity contribution >= 4 is 29.3 Å². The van der Waals surface area contributed by atoms with Gasteiger partial charge in [0.25, 0.3) is 0 Å². The van der Waals surface area contributed by atoms with Crippen LogP contribution in [0.1, 0.15) is 33.1 Å². The third-order valence-corrected chi connectivity index (χ3v) is 11.4. The van der Waals surface area contributed by atoms with Gasteiger partial charge in [-0.15, -0.1) is 0 Å². The summed E-state index contributed by atoms with van der Waals surface area (Å²) in [5.74, 6) is -9.26. The van der Waals surface area contributed by atoms with Gasteiger partial charge in [0.1, 0.15) is 0 Å². The van der Waals surface area contributed by atoms with E-state index in [1.54, 1.807) is 0 Å². The molecule has 3 rings (SSSR count). The quantitative estimate of drug-likeness (QED) is 0.174. The molecule has 1 aromatic rings. The maximum absolute atomic E-state index is 13.9. The molecule has 0 amide bonds. The first-order valence-corrected chi connectivity index (χ1v) is 11.7. The zero-order valence-electron chi connectivity index (χ0n) is 13.5. The lowest BCUT2D eigenvalue weighted by atomic mass is 9.77. The molecule has 0 bridgehead atoms. The van der Waals surface area contributed by atoms with Crippen molar-refractivity contribution in [2.24, 2.45) is 5.92 Å². The number of benzene rings is 1. The molecule has 138 valence electrons. The molecule has 0 aromatic heterocycles. The third-order valence-electron chi connectivity index (χ3n) is 4.70. The molecule has 1 saturated carbocycles. The SMILES string of the molecule is C=C(C)[C@@H]1CC[C@]2(C)SP(Sc3c(F)c(F)c(F)c(F)c3F)O[C@H]2C1. The van der Waals surface area contributed by atoms with Gasteiger partial charge in [0.15, 0.2) is 29.8 Å². The highest BCUT2D eigenvalue weighted by Crippen LogP contribution is 2.77. The predicted octanol–water partition coefficient (Wildman–Crippen LogP) is 6.97. The summed E-state index contributed by atoms with van der Waals surface area (Å²) < 4.78 is 73.4. The smallest absolute Gasteiger partial charge is 0.200 e. The molecule has 25 heavy (non-hydrogen) atoms. The van der Waals surface area contributed by atoms with Gasteiger partial charge < -0.3 is 4.52 Å². The van der Waals surface area contributed by atoms with Crippen molar-refractivity contribution in [1.29, 1.82) is 0 Å². The molecule has 1 aliphatic carbocycles. The van der Waals surface area contributed by atoms with Crippen molar-refractivity contribution in [2.75, 3.05) is 0 Å². The number of allylic oxidation sites excluding steroid dienone is 1. The van der Waals surface area contributed by atoms with Crippen LogP contribution in [0.4, 0.5) is 22.0 Å². The van der Waals surface area contributed by atoms with Crippen LogP contribution in [-0.4, -0.2) is 10.9 Å². The van der Waals surface area contributed by atoms with E-state index in [9.17, 15) is 22.0 Å². The average molecular weight is 414 g/mol. The van der Waals surface area contributed by atoms with Crippen LogP contribution >= 0.6 is 29.3 Å². The molecule has 0 N–H and O–H groups in total. The molecule has 1 saturated heterocycles. The van der Waals surface area contributed by atoms with Gasteiger partial charge in [0, 0.05) is 4.75 Å². The molecule has 2 fully saturated rings. The van der Waals surface area contributed by atoms with Crippen molar-refractivity contribution in [3.05, 3.63) is 41.2 Å². The van der Waals surface area contributed by atoms with E-state index in [2.05, 4.69) is 6.58 Å². The molecule has 1 nitrogen and oxygen atoms in total. The molecule has 9 heteroatoms. The summed E-state index contributed by atoms with van der Waals surface area (Å²) in [7, 11) is 0. The second-order valence-corrected chi connectivity index (χ2v) is 12.7. The molecule has 0 spiro atoms. The standard InChI is InChI=1S/C16H16F5OPS2/c1-7(2)8-4-5-16(3)9(6-8)22-23(25-16)24-15-13(20)11(18)10(17)12(19)14(15)21/h8-9H,1,4-6H2,2-3H3/t8-,9+,16+,23?/m1/s1. The number of hydrogen-bond donors (Lipinski definition) is 0. The van der Waals surface area contributed by atoms with Crippen LogP contribution in [0.25, 0.3) is 0 Å². The van der Waals surface area contributed by atoms with Gasteiger partial charge in [-0.05, 0) is 39.0 Å². The normalized spacial score (nSPS) is 31.9. The van der Waals surface area contributed by atoms with E-state index in [1.165, 1.54) is 11.4 Å². The van der Waals surface area contributed by atoms with E-state index in [0.717, 1.165) is 24.8 Å². The fourth-order valence-corrected chi connectivity index (χ4v) is 11.2. The maximum Gasteiger partial charge on any atom is 0.200 e.